The fourth-order valence-electron chi connectivity index (χ4n) is 1.40. The van der Waals surface area contributed by atoms with E-state index in [0.29, 0.717) is 0 Å². The highest BCUT2D eigenvalue weighted by atomic mass is 14.6. The van der Waals surface area contributed by atoms with Crippen molar-refractivity contribution in [1.29, 1.82) is 0 Å². The Morgan fingerprint density at radius 1 is 1.25 bits per heavy atom. The van der Waals surface area contributed by atoms with Crippen LogP contribution in [-0.2, 0) is 0 Å². The van der Waals surface area contributed by atoms with Crippen molar-refractivity contribution in [2.75, 3.05) is 0 Å². The highest BCUT2D eigenvalue weighted by molar-refractivity contribution is 5.49. The number of fused-ring (bicyclic) bond motifs is 1. The Morgan fingerprint density at radius 3 is 3.08 bits per heavy atom. The van der Waals surface area contributed by atoms with Crippen LogP contribution < -0.4 is 10.4 Å². The van der Waals surface area contributed by atoms with Crippen LogP contribution in [0.15, 0.2) is 30.1 Å². The molecule has 0 aliphatic heterocycles. The van der Waals surface area contributed by atoms with E-state index in [1.807, 2.05) is 12.4 Å². The molecule has 0 aromatic carbocycles. The molecule has 0 fully saturated rings. The van der Waals surface area contributed by atoms with Crippen LogP contribution in [0.4, 0.5) is 0 Å². The van der Waals surface area contributed by atoms with Gasteiger partial charge in [-0.3, -0.25) is 4.98 Å². The maximum atomic E-state index is 4.09. The smallest absolute Gasteiger partial charge is 0.0343 e. The number of rotatable bonds is 0. The fourth-order valence-corrected chi connectivity index (χ4v) is 1.40. The largest absolute Gasteiger partial charge is 0.264 e. The van der Waals surface area contributed by atoms with E-state index in [1.54, 1.807) is 0 Å². The summed E-state index contributed by atoms with van der Waals surface area (Å²) >= 11 is 0. The van der Waals surface area contributed by atoms with Crippen LogP contribution in [0.1, 0.15) is 13.3 Å². The summed E-state index contributed by atoms with van der Waals surface area (Å²) < 4.78 is 0. The Kier molecular flexibility index (Phi) is 1.78. The molecule has 0 N–H and O–H groups in total. The molecule has 1 heterocycles. The molecule has 0 radical (unpaired) electrons. The second-order valence-corrected chi connectivity index (χ2v) is 3.04. The topological polar surface area (TPSA) is 12.9 Å². The van der Waals surface area contributed by atoms with Crippen molar-refractivity contribution in [3.63, 3.8) is 0 Å². The number of hydrogen-bond donors (Lipinski definition) is 0. The molecule has 2 rings (SSSR count). The minimum Gasteiger partial charge on any atom is -0.264 e. The summed E-state index contributed by atoms with van der Waals surface area (Å²) in [6.45, 7) is 2.13. The molecule has 0 spiro atoms. The normalized spacial score (nSPS) is 14.9. The van der Waals surface area contributed by atoms with Crippen LogP contribution in [0.2, 0.25) is 0 Å². The number of allylic oxidation sites excluding steroid dienone is 2. The number of hydrogen-bond acceptors (Lipinski definition) is 1. The Labute approximate surface area is 71.8 Å². The van der Waals surface area contributed by atoms with Crippen LogP contribution in [0.3, 0.4) is 0 Å². The van der Waals surface area contributed by atoms with Crippen molar-refractivity contribution in [2.24, 2.45) is 0 Å². The highest BCUT2D eigenvalue weighted by Gasteiger charge is 1.90. The van der Waals surface area contributed by atoms with Gasteiger partial charge in [0.15, 0.2) is 0 Å². The lowest BCUT2D eigenvalue weighted by molar-refractivity contribution is 1.27. The first-order valence-corrected chi connectivity index (χ1v) is 4.15. The molecular weight excluding hydrogens is 146 g/mol. The van der Waals surface area contributed by atoms with Gasteiger partial charge < -0.3 is 0 Å². The number of nitrogens with zero attached hydrogens (tertiary/aromatic N) is 1. The second-order valence-electron chi connectivity index (χ2n) is 3.04. The van der Waals surface area contributed by atoms with E-state index in [1.165, 1.54) is 16.0 Å². The third kappa shape index (κ3) is 1.30. The van der Waals surface area contributed by atoms with E-state index < -0.39 is 0 Å². The summed E-state index contributed by atoms with van der Waals surface area (Å²) in [5.41, 5.74) is 1.33. The van der Waals surface area contributed by atoms with Gasteiger partial charge in [0, 0.05) is 12.4 Å². The first-order chi connectivity index (χ1) is 5.86. The van der Waals surface area contributed by atoms with E-state index in [2.05, 4.69) is 36.2 Å². The monoisotopic (exact) mass is 157 g/mol. The molecule has 0 saturated heterocycles. The highest BCUT2D eigenvalue weighted by Crippen LogP contribution is 1.98. The summed E-state index contributed by atoms with van der Waals surface area (Å²) in [4.78, 5) is 4.09. The van der Waals surface area contributed by atoms with Gasteiger partial charge in [-0.05, 0) is 29.8 Å². The van der Waals surface area contributed by atoms with Gasteiger partial charge in [-0.15, -0.1) is 0 Å². The molecule has 1 nitrogen and oxygen atoms in total. The lowest BCUT2D eigenvalue weighted by Gasteiger charge is -1.87. The van der Waals surface area contributed by atoms with Gasteiger partial charge >= 0.3 is 0 Å². The minimum absolute atomic E-state index is 1.01. The Hall–Kier alpha value is -1.37. The first kappa shape index (κ1) is 7.29. The Balaban J connectivity index is 2.76. The van der Waals surface area contributed by atoms with Gasteiger partial charge in [0.25, 0.3) is 0 Å². The van der Waals surface area contributed by atoms with Crippen LogP contribution in [0, 0.1) is 0 Å². The summed E-state index contributed by atoms with van der Waals surface area (Å²) in [5, 5.41) is 2.52. The Bertz CT molecular complexity index is 427. The molecule has 0 atom stereocenters. The van der Waals surface area contributed by atoms with Crippen LogP contribution in [-0.4, -0.2) is 4.98 Å². The van der Waals surface area contributed by atoms with Crippen LogP contribution in [0.5, 0.6) is 0 Å². The molecule has 0 bridgehead atoms. The summed E-state index contributed by atoms with van der Waals surface area (Å²) in [6, 6.07) is 2.05. The average Bonchev–Trinajstić information content (AvgIpc) is 2.25. The van der Waals surface area contributed by atoms with E-state index in [9.17, 15) is 0 Å². The van der Waals surface area contributed by atoms with Gasteiger partial charge in [0.05, 0.1) is 0 Å². The van der Waals surface area contributed by atoms with E-state index in [4.69, 9.17) is 0 Å². The van der Waals surface area contributed by atoms with Crippen LogP contribution in [0.25, 0.3) is 12.2 Å². The van der Waals surface area contributed by atoms with Crippen molar-refractivity contribution < 1.29 is 0 Å². The lowest BCUT2D eigenvalue weighted by atomic mass is 10.2. The van der Waals surface area contributed by atoms with Crippen LogP contribution >= 0.6 is 0 Å². The van der Waals surface area contributed by atoms with Gasteiger partial charge in [-0.1, -0.05) is 23.8 Å². The van der Waals surface area contributed by atoms with Crippen molar-refractivity contribution >= 4 is 12.2 Å². The maximum Gasteiger partial charge on any atom is 0.0343 e. The molecule has 1 aromatic heterocycles. The van der Waals surface area contributed by atoms with Crippen molar-refractivity contribution in [3.8, 4) is 0 Å². The zero-order valence-corrected chi connectivity index (χ0v) is 7.12. The van der Waals surface area contributed by atoms with E-state index in [-0.39, 0.29) is 0 Å². The average molecular weight is 157 g/mol. The molecule has 0 unspecified atom stereocenters. The van der Waals surface area contributed by atoms with Crippen molar-refractivity contribution in [1.82, 2.24) is 4.98 Å². The third-order valence-corrected chi connectivity index (χ3v) is 2.05. The quantitative estimate of drug-likeness (QED) is 0.547. The minimum atomic E-state index is 1.01. The van der Waals surface area contributed by atoms with E-state index in [0.717, 1.165) is 6.42 Å². The fraction of sp³-hybridized carbons (Fsp3) is 0.182. The molecule has 0 saturated carbocycles. The molecule has 1 aliphatic carbocycles. The first-order valence-electron chi connectivity index (χ1n) is 4.15. The molecule has 1 heteroatoms. The molecule has 1 aliphatic rings. The molecule has 0 amide bonds. The molecule has 60 valence electrons. The SMILES string of the molecule is CC1=CCC=c2cnccc2=C1. The number of aromatic nitrogens is 1. The summed E-state index contributed by atoms with van der Waals surface area (Å²) in [5.74, 6) is 0. The molecule has 12 heavy (non-hydrogen) atoms. The zero-order chi connectivity index (χ0) is 8.39. The van der Waals surface area contributed by atoms with Gasteiger partial charge in [-0.25, -0.2) is 0 Å². The molecule has 1 aromatic rings. The predicted molar refractivity (Wildman–Crippen MR) is 50.8 cm³/mol. The van der Waals surface area contributed by atoms with Crippen molar-refractivity contribution in [2.45, 2.75) is 13.3 Å². The summed E-state index contributed by atoms with van der Waals surface area (Å²) in [6.07, 6.45) is 11.4. The van der Waals surface area contributed by atoms with Gasteiger partial charge in [0.1, 0.15) is 0 Å². The summed E-state index contributed by atoms with van der Waals surface area (Å²) in [7, 11) is 0. The second kappa shape index (κ2) is 2.94. The van der Waals surface area contributed by atoms with Crippen molar-refractivity contribution in [3.05, 3.63) is 40.5 Å². The number of pyridine rings is 1. The predicted octanol–water partition coefficient (Wildman–Crippen LogP) is 0.993. The molecular formula is C11H11N. The zero-order valence-electron chi connectivity index (χ0n) is 7.12. The van der Waals surface area contributed by atoms with Gasteiger partial charge in [-0.2, -0.15) is 0 Å². The maximum absolute atomic E-state index is 4.09. The standard InChI is InChI=1S/C11H11N/c1-9-3-2-4-11-8-12-6-5-10(11)7-9/h3-8H,2H2,1H3. The lowest BCUT2D eigenvalue weighted by Crippen LogP contribution is -2.23. The third-order valence-electron chi connectivity index (χ3n) is 2.05. The van der Waals surface area contributed by atoms with E-state index >= 15 is 0 Å². The van der Waals surface area contributed by atoms with Gasteiger partial charge in [0.2, 0.25) is 0 Å². The Morgan fingerprint density at radius 2 is 2.17 bits per heavy atom.